The molecule has 0 aliphatic carbocycles. The van der Waals surface area contributed by atoms with E-state index in [9.17, 15) is 0 Å². The standard InChI is InChI=1S/C20H28N4O2/c1-4-17-16(18(5-2)26-24-17)13-23-20(21-3)22-10-8-14-6-7-19-15(12-14)9-11-25-19/h6-7,12H,4-5,8-11,13H2,1-3H3,(H2,21,22,23). The van der Waals surface area contributed by atoms with Crippen molar-refractivity contribution >= 4 is 5.96 Å². The number of aromatic nitrogens is 1. The molecule has 0 radical (unpaired) electrons. The van der Waals surface area contributed by atoms with Gasteiger partial charge in [0.2, 0.25) is 0 Å². The summed E-state index contributed by atoms with van der Waals surface area (Å²) in [5, 5.41) is 10.9. The van der Waals surface area contributed by atoms with Gasteiger partial charge in [-0.3, -0.25) is 4.99 Å². The summed E-state index contributed by atoms with van der Waals surface area (Å²) in [5.74, 6) is 2.77. The van der Waals surface area contributed by atoms with E-state index in [1.165, 1.54) is 11.1 Å². The molecule has 0 bridgehead atoms. The van der Waals surface area contributed by atoms with Crippen molar-refractivity contribution in [3.05, 3.63) is 46.3 Å². The molecule has 2 N–H and O–H groups in total. The lowest BCUT2D eigenvalue weighted by Crippen LogP contribution is -2.38. The van der Waals surface area contributed by atoms with Crippen LogP contribution >= 0.6 is 0 Å². The summed E-state index contributed by atoms with van der Waals surface area (Å²) in [6, 6.07) is 6.47. The molecule has 1 aliphatic rings. The van der Waals surface area contributed by atoms with Crippen LogP contribution in [0.5, 0.6) is 5.75 Å². The van der Waals surface area contributed by atoms with Gasteiger partial charge in [0, 0.05) is 38.5 Å². The van der Waals surface area contributed by atoms with Crippen molar-refractivity contribution < 1.29 is 9.26 Å². The van der Waals surface area contributed by atoms with Crippen LogP contribution in [0.2, 0.25) is 0 Å². The second-order valence-electron chi connectivity index (χ2n) is 6.38. The molecule has 0 saturated heterocycles. The molecule has 2 aromatic rings. The molecule has 0 spiro atoms. The van der Waals surface area contributed by atoms with E-state index in [1.54, 1.807) is 7.05 Å². The third kappa shape index (κ3) is 4.18. The molecule has 1 aliphatic heterocycles. The molecular weight excluding hydrogens is 328 g/mol. The first-order valence-electron chi connectivity index (χ1n) is 9.40. The van der Waals surface area contributed by atoms with Crippen LogP contribution in [0.3, 0.4) is 0 Å². The summed E-state index contributed by atoms with van der Waals surface area (Å²) in [6.45, 7) is 6.47. The average molecular weight is 356 g/mol. The van der Waals surface area contributed by atoms with E-state index in [2.05, 4.69) is 52.8 Å². The summed E-state index contributed by atoms with van der Waals surface area (Å²) >= 11 is 0. The number of fused-ring (bicyclic) bond motifs is 1. The quantitative estimate of drug-likeness (QED) is 0.589. The molecule has 1 aromatic carbocycles. The summed E-state index contributed by atoms with van der Waals surface area (Å²) in [4.78, 5) is 4.31. The molecule has 1 aromatic heterocycles. The van der Waals surface area contributed by atoms with Gasteiger partial charge in [-0.2, -0.15) is 0 Å². The first-order chi connectivity index (χ1) is 12.7. The van der Waals surface area contributed by atoms with Crippen molar-refractivity contribution in [3.63, 3.8) is 0 Å². The number of aliphatic imine (C=N–C) groups is 1. The molecule has 2 heterocycles. The first-order valence-corrected chi connectivity index (χ1v) is 9.40. The minimum Gasteiger partial charge on any atom is -0.493 e. The fourth-order valence-corrected chi connectivity index (χ4v) is 3.25. The maximum absolute atomic E-state index is 5.56. The van der Waals surface area contributed by atoms with Crippen LogP contribution < -0.4 is 15.4 Å². The van der Waals surface area contributed by atoms with E-state index in [0.29, 0.717) is 6.54 Å². The van der Waals surface area contributed by atoms with Gasteiger partial charge < -0.3 is 19.9 Å². The lowest BCUT2D eigenvalue weighted by molar-refractivity contribution is 0.357. The highest BCUT2D eigenvalue weighted by molar-refractivity contribution is 5.79. The smallest absolute Gasteiger partial charge is 0.191 e. The Bertz CT molecular complexity index is 746. The number of nitrogens with zero attached hydrogens (tertiary/aromatic N) is 2. The van der Waals surface area contributed by atoms with Gasteiger partial charge in [0.25, 0.3) is 0 Å². The van der Waals surface area contributed by atoms with Crippen LogP contribution in [-0.4, -0.2) is 31.3 Å². The monoisotopic (exact) mass is 356 g/mol. The van der Waals surface area contributed by atoms with Crippen LogP contribution in [0.4, 0.5) is 0 Å². The summed E-state index contributed by atoms with van der Waals surface area (Å²) < 4.78 is 11.0. The Morgan fingerprint density at radius 1 is 1.23 bits per heavy atom. The van der Waals surface area contributed by atoms with Crippen molar-refractivity contribution in [2.75, 3.05) is 20.2 Å². The van der Waals surface area contributed by atoms with Crippen LogP contribution in [-0.2, 0) is 32.2 Å². The predicted molar refractivity (Wildman–Crippen MR) is 103 cm³/mol. The third-order valence-electron chi connectivity index (χ3n) is 4.72. The molecular formula is C20H28N4O2. The number of hydrogen-bond donors (Lipinski definition) is 2. The van der Waals surface area contributed by atoms with Crippen LogP contribution in [0.1, 0.15) is 42.0 Å². The SMILES string of the molecule is CCc1noc(CC)c1CNC(=NC)NCCc1ccc2c(c1)CCO2. The van der Waals surface area contributed by atoms with Crippen LogP contribution in [0.25, 0.3) is 0 Å². The number of nitrogens with one attached hydrogen (secondary N) is 2. The van der Waals surface area contributed by atoms with Crippen molar-refractivity contribution in [1.82, 2.24) is 15.8 Å². The minimum absolute atomic E-state index is 0.672. The minimum atomic E-state index is 0.672. The van der Waals surface area contributed by atoms with Gasteiger partial charge in [-0.1, -0.05) is 31.1 Å². The number of guanidine groups is 1. The maximum atomic E-state index is 5.56. The Hall–Kier alpha value is -2.50. The Morgan fingerprint density at radius 3 is 2.88 bits per heavy atom. The van der Waals surface area contributed by atoms with E-state index < -0.39 is 0 Å². The second kappa shape index (κ2) is 8.74. The Morgan fingerprint density at radius 2 is 2.12 bits per heavy atom. The Balaban J connectivity index is 1.50. The zero-order valence-electron chi connectivity index (χ0n) is 15.9. The highest BCUT2D eigenvalue weighted by Gasteiger charge is 2.14. The lowest BCUT2D eigenvalue weighted by Gasteiger charge is -2.12. The average Bonchev–Trinajstić information content (AvgIpc) is 3.29. The second-order valence-corrected chi connectivity index (χ2v) is 6.38. The molecule has 6 heteroatoms. The topological polar surface area (TPSA) is 71.7 Å². The van der Waals surface area contributed by atoms with Gasteiger partial charge in [0.1, 0.15) is 11.5 Å². The third-order valence-corrected chi connectivity index (χ3v) is 4.72. The molecule has 26 heavy (non-hydrogen) atoms. The lowest BCUT2D eigenvalue weighted by atomic mass is 10.1. The predicted octanol–water partition coefficient (Wildman–Crippen LogP) is 2.64. The first kappa shape index (κ1) is 18.3. The zero-order chi connectivity index (χ0) is 18.4. The van der Waals surface area contributed by atoms with E-state index in [-0.39, 0.29) is 0 Å². The van der Waals surface area contributed by atoms with Crippen molar-refractivity contribution in [2.24, 2.45) is 4.99 Å². The van der Waals surface area contributed by atoms with Gasteiger partial charge in [0.05, 0.1) is 12.3 Å². The summed E-state index contributed by atoms with van der Waals surface area (Å²) in [6.07, 6.45) is 3.67. The van der Waals surface area contributed by atoms with E-state index in [1.807, 2.05) is 0 Å². The van der Waals surface area contributed by atoms with E-state index in [0.717, 1.165) is 67.6 Å². The van der Waals surface area contributed by atoms with Crippen molar-refractivity contribution in [2.45, 2.75) is 46.1 Å². The molecule has 0 amide bonds. The molecule has 0 fully saturated rings. The van der Waals surface area contributed by atoms with Crippen LogP contribution in [0, 0.1) is 0 Å². The number of rotatable bonds is 7. The molecule has 140 valence electrons. The van der Waals surface area contributed by atoms with Crippen molar-refractivity contribution in [3.8, 4) is 5.75 Å². The highest BCUT2D eigenvalue weighted by Crippen LogP contribution is 2.25. The van der Waals surface area contributed by atoms with E-state index >= 15 is 0 Å². The number of ether oxygens (including phenoxy) is 1. The fourth-order valence-electron chi connectivity index (χ4n) is 3.25. The highest BCUT2D eigenvalue weighted by atomic mass is 16.5. The van der Waals surface area contributed by atoms with Gasteiger partial charge >= 0.3 is 0 Å². The fraction of sp³-hybridized carbons (Fsp3) is 0.500. The Labute approximate surface area is 155 Å². The molecule has 0 unspecified atom stereocenters. The van der Waals surface area contributed by atoms with Gasteiger partial charge in [-0.05, 0) is 30.0 Å². The van der Waals surface area contributed by atoms with E-state index in [4.69, 9.17) is 9.26 Å². The number of hydrogen-bond acceptors (Lipinski definition) is 4. The molecule has 0 saturated carbocycles. The summed E-state index contributed by atoms with van der Waals surface area (Å²) in [7, 11) is 1.79. The molecule has 6 nitrogen and oxygen atoms in total. The van der Waals surface area contributed by atoms with Gasteiger partial charge in [0.15, 0.2) is 5.96 Å². The number of aryl methyl sites for hydroxylation is 2. The zero-order valence-corrected chi connectivity index (χ0v) is 15.9. The van der Waals surface area contributed by atoms with Crippen molar-refractivity contribution in [1.29, 1.82) is 0 Å². The van der Waals surface area contributed by atoms with Gasteiger partial charge in [-0.15, -0.1) is 0 Å². The maximum Gasteiger partial charge on any atom is 0.191 e. The van der Waals surface area contributed by atoms with Crippen LogP contribution in [0.15, 0.2) is 27.7 Å². The largest absolute Gasteiger partial charge is 0.493 e. The molecule has 3 rings (SSSR count). The Kier molecular flexibility index (Phi) is 6.15. The molecule has 0 atom stereocenters. The number of benzene rings is 1. The normalized spacial score (nSPS) is 13.4. The summed E-state index contributed by atoms with van der Waals surface area (Å²) in [5.41, 5.74) is 4.80. The van der Waals surface area contributed by atoms with Gasteiger partial charge in [-0.25, -0.2) is 0 Å².